The number of aromatic nitrogens is 2. The molecule has 0 saturated carbocycles. The molecule has 0 spiro atoms. The van der Waals surface area contributed by atoms with Gasteiger partial charge in [-0.15, -0.1) is 0 Å². The summed E-state index contributed by atoms with van der Waals surface area (Å²) in [5.74, 6) is 1.53. The van der Waals surface area contributed by atoms with Crippen molar-refractivity contribution in [2.75, 3.05) is 19.8 Å². The van der Waals surface area contributed by atoms with Gasteiger partial charge in [0, 0.05) is 25.9 Å². The zero-order valence-electron chi connectivity index (χ0n) is 11.8. The first-order valence-electron chi connectivity index (χ1n) is 6.90. The fraction of sp³-hybridized carbons (Fsp3) is 0.500. The molecule has 0 N–H and O–H groups in total. The number of ketones is 1. The third-order valence-electron chi connectivity index (χ3n) is 3.48. The Balaban J connectivity index is 1.65. The van der Waals surface area contributed by atoms with E-state index in [0.717, 1.165) is 6.54 Å². The van der Waals surface area contributed by atoms with Crippen LogP contribution in [0, 0.1) is 6.92 Å². The van der Waals surface area contributed by atoms with Gasteiger partial charge in [0.25, 0.3) is 0 Å². The van der Waals surface area contributed by atoms with Gasteiger partial charge in [-0.3, -0.25) is 9.69 Å². The first-order chi connectivity index (χ1) is 10.2. The van der Waals surface area contributed by atoms with Gasteiger partial charge in [0.05, 0.1) is 26.0 Å². The Morgan fingerprint density at radius 1 is 1.52 bits per heavy atom. The molecule has 0 aromatic carbocycles. The molecule has 1 saturated heterocycles. The zero-order valence-corrected chi connectivity index (χ0v) is 11.8. The molecular weight excluding hydrogens is 274 g/mol. The van der Waals surface area contributed by atoms with E-state index in [2.05, 4.69) is 15.0 Å². The van der Waals surface area contributed by atoms with Crippen LogP contribution in [0.3, 0.4) is 0 Å². The summed E-state index contributed by atoms with van der Waals surface area (Å²) in [6, 6.07) is 3.39. The maximum atomic E-state index is 12.2. The molecule has 3 heterocycles. The number of furan rings is 1. The lowest BCUT2D eigenvalue weighted by molar-refractivity contribution is -0.0141. The summed E-state index contributed by atoms with van der Waals surface area (Å²) in [4.78, 5) is 18.5. The highest BCUT2D eigenvalue weighted by Gasteiger charge is 2.27. The van der Waals surface area contributed by atoms with Crippen LogP contribution in [-0.4, -0.2) is 46.6 Å². The predicted octanol–water partition coefficient (Wildman–Crippen LogP) is 1.44. The molecule has 1 atom stereocenters. The molecule has 21 heavy (non-hydrogen) atoms. The highest BCUT2D eigenvalue weighted by atomic mass is 16.5. The molecule has 3 rings (SSSR count). The van der Waals surface area contributed by atoms with Gasteiger partial charge < -0.3 is 13.7 Å². The van der Waals surface area contributed by atoms with E-state index < -0.39 is 0 Å². The van der Waals surface area contributed by atoms with Crippen LogP contribution in [0.25, 0.3) is 0 Å². The van der Waals surface area contributed by atoms with Crippen molar-refractivity contribution in [1.29, 1.82) is 0 Å². The van der Waals surface area contributed by atoms with Crippen LogP contribution in [0.5, 0.6) is 0 Å². The lowest BCUT2D eigenvalue weighted by Crippen LogP contribution is -2.46. The average Bonchev–Trinajstić information content (AvgIpc) is 3.13. The molecule has 2 aromatic heterocycles. The smallest absolute Gasteiger partial charge is 0.223 e. The van der Waals surface area contributed by atoms with Crippen LogP contribution in [0.1, 0.15) is 28.7 Å². The summed E-state index contributed by atoms with van der Waals surface area (Å²) in [5, 5.41) is 3.90. The Morgan fingerprint density at radius 2 is 2.43 bits per heavy atom. The van der Waals surface area contributed by atoms with Crippen molar-refractivity contribution in [3.8, 4) is 0 Å². The van der Waals surface area contributed by atoms with Crippen LogP contribution in [0.2, 0.25) is 0 Å². The van der Waals surface area contributed by atoms with Crippen LogP contribution in [-0.2, 0) is 11.3 Å². The number of morpholine rings is 1. The van der Waals surface area contributed by atoms with Gasteiger partial charge >= 0.3 is 0 Å². The summed E-state index contributed by atoms with van der Waals surface area (Å²) >= 11 is 0. The SMILES string of the molecule is Cc1nc(CN2CCOCC2CC(=O)c2ccco2)no1. The number of Topliss-reactive ketones (excluding diaryl/α,β-unsaturated/α-hetero) is 1. The summed E-state index contributed by atoms with van der Waals surface area (Å²) in [7, 11) is 0. The minimum absolute atomic E-state index is 0.00449. The summed E-state index contributed by atoms with van der Waals surface area (Å²) in [5.41, 5.74) is 0. The minimum Gasteiger partial charge on any atom is -0.461 e. The van der Waals surface area contributed by atoms with Crippen molar-refractivity contribution < 1.29 is 18.5 Å². The predicted molar refractivity (Wildman–Crippen MR) is 71.7 cm³/mol. The van der Waals surface area contributed by atoms with Crippen molar-refractivity contribution in [3.63, 3.8) is 0 Å². The van der Waals surface area contributed by atoms with Crippen molar-refractivity contribution in [2.45, 2.75) is 25.9 Å². The van der Waals surface area contributed by atoms with E-state index in [9.17, 15) is 4.79 Å². The van der Waals surface area contributed by atoms with E-state index in [1.807, 2.05) is 0 Å². The van der Waals surface area contributed by atoms with Gasteiger partial charge in [0.1, 0.15) is 0 Å². The molecule has 0 radical (unpaired) electrons. The number of hydrogen-bond acceptors (Lipinski definition) is 7. The number of rotatable bonds is 5. The van der Waals surface area contributed by atoms with Crippen molar-refractivity contribution in [2.24, 2.45) is 0 Å². The van der Waals surface area contributed by atoms with E-state index in [4.69, 9.17) is 13.7 Å². The summed E-state index contributed by atoms with van der Waals surface area (Å²) < 4.78 is 15.6. The number of nitrogens with zero attached hydrogens (tertiary/aromatic N) is 3. The zero-order chi connectivity index (χ0) is 14.7. The number of carbonyl (C=O) groups excluding carboxylic acids is 1. The molecule has 1 unspecified atom stereocenters. The largest absolute Gasteiger partial charge is 0.461 e. The lowest BCUT2D eigenvalue weighted by atomic mass is 10.1. The Morgan fingerprint density at radius 3 is 3.14 bits per heavy atom. The third kappa shape index (κ3) is 3.37. The fourth-order valence-corrected chi connectivity index (χ4v) is 2.42. The van der Waals surface area contributed by atoms with E-state index in [1.165, 1.54) is 6.26 Å². The first kappa shape index (κ1) is 14.0. The Bertz CT molecular complexity index is 593. The standard InChI is InChI=1S/C14H17N3O4/c1-10-15-14(16-21-10)8-17-4-6-19-9-11(17)7-12(18)13-3-2-5-20-13/h2-3,5,11H,4,6-9H2,1H3. The topological polar surface area (TPSA) is 81.6 Å². The van der Waals surface area contributed by atoms with Gasteiger partial charge in [-0.05, 0) is 12.1 Å². The van der Waals surface area contributed by atoms with Crippen molar-refractivity contribution >= 4 is 5.78 Å². The molecule has 0 bridgehead atoms. The first-order valence-corrected chi connectivity index (χ1v) is 6.90. The normalized spacial score (nSPS) is 19.8. The van der Waals surface area contributed by atoms with E-state index in [-0.39, 0.29) is 11.8 Å². The molecule has 1 aliphatic rings. The van der Waals surface area contributed by atoms with Crippen molar-refractivity contribution in [1.82, 2.24) is 15.0 Å². The molecule has 1 aliphatic heterocycles. The van der Waals surface area contributed by atoms with Gasteiger partial charge in [0.15, 0.2) is 17.4 Å². The van der Waals surface area contributed by atoms with Gasteiger partial charge in [-0.1, -0.05) is 5.16 Å². The Kier molecular flexibility index (Phi) is 4.12. The number of carbonyl (C=O) groups is 1. The van der Waals surface area contributed by atoms with E-state index >= 15 is 0 Å². The van der Waals surface area contributed by atoms with Crippen molar-refractivity contribution in [3.05, 3.63) is 35.9 Å². The summed E-state index contributed by atoms with van der Waals surface area (Å²) in [6.07, 6.45) is 1.86. The number of ether oxygens (including phenoxy) is 1. The second-order valence-corrected chi connectivity index (χ2v) is 5.03. The van der Waals surface area contributed by atoms with Gasteiger partial charge in [-0.2, -0.15) is 4.98 Å². The molecule has 7 nitrogen and oxygen atoms in total. The molecule has 0 aliphatic carbocycles. The Labute approximate surface area is 121 Å². The summed E-state index contributed by atoms with van der Waals surface area (Å²) in [6.45, 7) is 4.21. The maximum Gasteiger partial charge on any atom is 0.223 e. The quantitative estimate of drug-likeness (QED) is 0.771. The van der Waals surface area contributed by atoms with Crippen LogP contribution >= 0.6 is 0 Å². The fourth-order valence-electron chi connectivity index (χ4n) is 2.42. The number of aryl methyl sites for hydroxylation is 1. The molecular formula is C14H17N3O4. The van der Waals surface area contributed by atoms with E-state index in [1.54, 1.807) is 19.1 Å². The highest BCUT2D eigenvalue weighted by Crippen LogP contribution is 2.16. The van der Waals surface area contributed by atoms with Crippen LogP contribution < -0.4 is 0 Å². The van der Waals surface area contributed by atoms with Crippen LogP contribution in [0.15, 0.2) is 27.3 Å². The highest BCUT2D eigenvalue weighted by molar-refractivity contribution is 5.93. The van der Waals surface area contributed by atoms with Gasteiger partial charge in [-0.25, -0.2) is 0 Å². The second-order valence-electron chi connectivity index (χ2n) is 5.03. The van der Waals surface area contributed by atoms with E-state index in [0.29, 0.717) is 43.7 Å². The lowest BCUT2D eigenvalue weighted by Gasteiger charge is -2.34. The Hall–Kier alpha value is -1.99. The number of hydrogen-bond donors (Lipinski definition) is 0. The molecule has 1 fully saturated rings. The van der Waals surface area contributed by atoms with Crippen LogP contribution in [0.4, 0.5) is 0 Å². The van der Waals surface area contributed by atoms with Gasteiger partial charge in [0.2, 0.25) is 5.89 Å². The maximum absolute atomic E-state index is 12.2. The monoisotopic (exact) mass is 291 g/mol. The molecule has 112 valence electrons. The average molecular weight is 291 g/mol. The minimum atomic E-state index is -0.0233. The molecule has 2 aromatic rings. The second kappa shape index (κ2) is 6.19. The third-order valence-corrected chi connectivity index (χ3v) is 3.48. The molecule has 7 heteroatoms. The molecule has 0 amide bonds.